The van der Waals surface area contributed by atoms with Crippen molar-refractivity contribution in [2.45, 2.75) is 19.4 Å². The molecule has 1 fully saturated rings. The highest BCUT2D eigenvalue weighted by Crippen LogP contribution is 2.27. The first kappa shape index (κ1) is 16.1. The molecule has 5 heteroatoms. The number of carbonyl (C=O) groups is 2. The molecule has 0 bridgehead atoms. The highest BCUT2D eigenvalue weighted by molar-refractivity contribution is 5.94. The number of methoxy groups -OCH3 is 1. The standard InChI is InChI=1S/C19H19NO4/c1-13-7-9-14(10-8-13)17-12-20(19(22)24-17)18(21)11-15-5-3-4-6-16(15)23-2/h3-10,17H,11-12H2,1-2H3/t17-/m1/s1. The lowest BCUT2D eigenvalue weighted by Gasteiger charge is -2.13. The third-order valence-corrected chi connectivity index (χ3v) is 4.10. The van der Waals surface area contributed by atoms with Crippen LogP contribution in [-0.2, 0) is 16.0 Å². The van der Waals surface area contributed by atoms with E-state index in [2.05, 4.69) is 0 Å². The molecule has 2 aromatic rings. The SMILES string of the molecule is COc1ccccc1CC(=O)N1C[C@H](c2ccc(C)cc2)OC1=O. The summed E-state index contributed by atoms with van der Waals surface area (Å²) in [6, 6.07) is 15.0. The van der Waals surface area contributed by atoms with Crippen LogP contribution >= 0.6 is 0 Å². The summed E-state index contributed by atoms with van der Waals surface area (Å²) in [6.07, 6.45) is -0.917. The topological polar surface area (TPSA) is 55.8 Å². The number of hydrogen-bond donors (Lipinski definition) is 0. The number of carbonyl (C=O) groups excluding carboxylic acids is 2. The Balaban J connectivity index is 1.71. The van der Waals surface area contributed by atoms with Crippen molar-refractivity contribution in [3.05, 3.63) is 65.2 Å². The molecule has 0 spiro atoms. The summed E-state index contributed by atoms with van der Waals surface area (Å²) in [5, 5.41) is 0. The number of para-hydroxylation sites is 1. The Morgan fingerprint density at radius 1 is 1.21 bits per heavy atom. The van der Waals surface area contributed by atoms with Gasteiger partial charge in [0.1, 0.15) is 11.9 Å². The fourth-order valence-corrected chi connectivity index (χ4v) is 2.73. The molecule has 2 amide bonds. The molecule has 3 rings (SSSR count). The zero-order valence-electron chi connectivity index (χ0n) is 13.7. The molecule has 124 valence electrons. The molecule has 5 nitrogen and oxygen atoms in total. The molecule has 1 aliphatic heterocycles. The fraction of sp³-hybridized carbons (Fsp3) is 0.263. The molecule has 0 radical (unpaired) electrons. The molecular weight excluding hydrogens is 306 g/mol. The minimum absolute atomic E-state index is 0.0970. The number of hydrogen-bond acceptors (Lipinski definition) is 4. The smallest absolute Gasteiger partial charge is 0.417 e. The van der Waals surface area contributed by atoms with Gasteiger partial charge in [-0.05, 0) is 18.6 Å². The second-order valence-electron chi connectivity index (χ2n) is 5.78. The van der Waals surface area contributed by atoms with Gasteiger partial charge in [0, 0.05) is 5.56 Å². The van der Waals surface area contributed by atoms with Gasteiger partial charge in [-0.3, -0.25) is 4.79 Å². The average molecular weight is 325 g/mol. The van der Waals surface area contributed by atoms with E-state index in [1.165, 1.54) is 0 Å². The summed E-state index contributed by atoms with van der Waals surface area (Å²) in [5.74, 6) is 0.340. The molecule has 1 aliphatic rings. The highest BCUT2D eigenvalue weighted by atomic mass is 16.6. The Morgan fingerprint density at radius 3 is 2.62 bits per heavy atom. The van der Waals surface area contributed by atoms with Gasteiger partial charge in [0.25, 0.3) is 0 Å². The fourth-order valence-electron chi connectivity index (χ4n) is 2.73. The largest absolute Gasteiger partial charge is 0.496 e. The van der Waals surface area contributed by atoms with Gasteiger partial charge in [-0.25, -0.2) is 9.69 Å². The molecule has 0 saturated carbocycles. The summed E-state index contributed by atoms with van der Waals surface area (Å²) in [7, 11) is 1.56. The van der Waals surface area contributed by atoms with Gasteiger partial charge in [-0.15, -0.1) is 0 Å². The number of nitrogens with zero attached hydrogens (tertiary/aromatic N) is 1. The van der Waals surface area contributed by atoms with E-state index in [-0.39, 0.29) is 18.9 Å². The Morgan fingerprint density at radius 2 is 1.92 bits per heavy atom. The number of amides is 2. The van der Waals surface area contributed by atoms with E-state index >= 15 is 0 Å². The van der Waals surface area contributed by atoms with Crippen LogP contribution in [-0.4, -0.2) is 30.6 Å². The number of imide groups is 1. The third-order valence-electron chi connectivity index (χ3n) is 4.10. The molecule has 1 atom stereocenters. The van der Waals surface area contributed by atoms with Crippen LogP contribution in [0.1, 0.15) is 22.8 Å². The van der Waals surface area contributed by atoms with Crippen LogP contribution in [0.3, 0.4) is 0 Å². The van der Waals surface area contributed by atoms with E-state index in [9.17, 15) is 9.59 Å². The van der Waals surface area contributed by atoms with Gasteiger partial charge >= 0.3 is 6.09 Å². The molecular formula is C19H19NO4. The lowest BCUT2D eigenvalue weighted by Crippen LogP contribution is -2.33. The Bertz CT molecular complexity index is 754. The Kier molecular flexibility index (Phi) is 4.51. The van der Waals surface area contributed by atoms with Crippen molar-refractivity contribution in [3.63, 3.8) is 0 Å². The highest BCUT2D eigenvalue weighted by Gasteiger charge is 2.36. The van der Waals surface area contributed by atoms with Crippen molar-refractivity contribution in [2.24, 2.45) is 0 Å². The molecule has 1 saturated heterocycles. The second kappa shape index (κ2) is 6.74. The first-order valence-corrected chi connectivity index (χ1v) is 7.78. The Hall–Kier alpha value is -2.82. The van der Waals surface area contributed by atoms with E-state index in [1.807, 2.05) is 49.4 Å². The van der Waals surface area contributed by atoms with Gasteiger partial charge in [0.2, 0.25) is 5.91 Å². The van der Waals surface area contributed by atoms with Crippen molar-refractivity contribution < 1.29 is 19.1 Å². The maximum absolute atomic E-state index is 12.5. The third kappa shape index (κ3) is 3.25. The molecule has 0 unspecified atom stereocenters. The summed E-state index contributed by atoms with van der Waals surface area (Å²) < 4.78 is 10.6. The quantitative estimate of drug-likeness (QED) is 0.866. The zero-order chi connectivity index (χ0) is 17.1. The predicted molar refractivity (Wildman–Crippen MR) is 88.8 cm³/mol. The monoisotopic (exact) mass is 325 g/mol. The summed E-state index contributed by atoms with van der Waals surface area (Å²) in [6.45, 7) is 2.23. The number of cyclic esters (lactones) is 1. The summed E-state index contributed by atoms with van der Waals surface area (Å²) >= 11 is 0. The normalized spacial score (nSPS) is 16.8. The van der Waals surface area contributed by atoms with Gasteiger partial charge in [0.15, 0.2) is 0 Å². The van der Waals surface area contributed by atoms with E-state index < -0.39 is 12.2 Å². The Labute approximate surface area is 140 Å². The van der Waals surface area contributed by atoms with Gasteiger partial charge in [-0.1, -0.05) is 48.0 Å². The van der Waals surface area contributed by atoms with Crippen molar-refractivity contribution in [1.82, 2.24) is 4.90 Å². The van der Waals surface area contributed by atoms with Crippen molar-refractivity contribution in [1.29, 1.82) is 0 Å². The first-order chi connectivity index (χ1) is 11.6. The van der Waals surface area contributed by atoms with Crippen molar-refractivity contribution in [3.8, 4) is 5.75 Å². The van der Waals surface area contributed by atoms with Gasteiger partial charge in [0.05, 0.1) is 20.1 Å². The minimum atomic E-state index is -0.597. The number of aryl methyl sites for hydroxylation is 1. The van der Waals surface area contributed by atoms with Crippen molar-refractivity contribution >= 4 is 12.0 Å². The maximum atomic E-state index is 12.5. The zero-order valence-corrected chi connectivity index (χ0v) is 13.7. The molecule has 24 heavy (non-hydrogen) atoms. The van der Waals surface area contributed by atoms with Crippen LogP contribution in [0, 0.1) is 6.92 Å². The number of rotatable bonds is 4. The second-order valence-corrected chi connectivity index (χ2v) is 5.78. The van der Waals surface area contributed by atoms with Crippen LogP contribution in [0.4, 0.5) is 4.79 Å². The molecule has 0 aliphatic carbocycles. The van der Waals surface area contributed by atoms with Crippen LogP contribution in [0.5, 0.6) is 5.75 Å². The number of benzene rings is 2. The van der Waals surface area contributed by atoms with Crippen LogP contribution < -0.4 is 4.74 Å². The van der Waals surface area contributed by atoms with Crippen LogP contribution in [0.15, 0.2) is 48.5 Å². The molecule has 1 heterocycles. The van der Waals surface area contributed by atoms with Crippen molar-refractivity contribution in [2.75, 3.05) is 13.7 Å². The van der Waals surface area contributed by atoms with E-state index in [0.717, 1.165) is 21.6 Å². The molecule has 0 N–H and O–H groups in total. The van der Waals surface area contributed by atoms with E-state index in [4.69, 9.17) is 9.47 Å². The summed E-state index contributed by atoms with van der Waals surface area (Å²) in [4.78, 5) is 25.7. The predicted octanol–water partition coefficient (Wildman–Crippen LogP) is 3.27. The van der Waals surface area contributed by atoms with Crippen LogP contribution in [0.2, 0.25) is 0 Å². The maximum Gasteiger partial charge on any atom is 0.417 e. The van der Waals surface area contributed by atoms with Gasteiger partial charge in [-0.2, -0.15) is 0 Å². The number of ether oxygens (including phenoxy) is 2. The average Bonchev–Trinajstić information content (AvgIpc) is 2.98. The molecule has 2 aromatic carbocycles. The summed E-state index contributed by atoms with van der Waals surface area (Å²) in [5.41, 5.74) is 2.77. The van der Waals surface area contributed by atoms with E-state index in [1.54, 1.807) is 13.2 Å². The van der Waals surface area contributed by atoms with Gasteiger partial charge < -0.3 is 9.47 Å². The van der Waals surface area contributed by atoms with Crippen LogP contribution in [0.25, 0.3) is 0 Å². The molecule has 0 aromatic heterocycles. The lowest BCUT2D eigenvalue weighted by atomic mass is 10.1. The van der Waals surface area contributed by atoms with E-state index in [0.29, 0.717) is 5.75 Å². The first-order valence-electron chi connectivity index (χ1n) is 7.78. The lowest BCUT2D eigenvalue weighted by molar-refractivity contribution is -0.127. The minimum Gasteiger partial charge on any atom is -0.496 e.